The lowest BCUT2D eigenvalue weighted by Gasteiger charge is -2.28. The predicted octanol–water partition coefficient (Wildman–Crippen LogP) is 1.97. The summed E-state index contributed by atoms with van der Waals surface area (Å²) in [4.78, 5) is 12.1. The fraction of sp³-hybridized carbons (Fsp3) is 0.529. The number of nitrogens with one attached hydrogen (secondary N) is 2. The molecule has 0 saturated heterocycles. The van der Waals surface area contributed by atoms with E-state index in [2.05, 4.69) is 16.7 Å². The van der Waals surface area contributed by atoms with Gasteiger partial charge in [-0.1, -0.05) is 26.0 Å². The van der Waals surface area contributed by atoms with E-state index < -0.39 is 11.6 Å². The van der Waals surface area contributed by atoms with E-state index in [1.165, 1.54) is 0 Å². The number of anilines is 1. The van der Waals surface area contributed by atoms with Crippen LogP contribution in [0.15, 0.2) is 18.2 Å². The Hall–Kier alpha value is -2.26. The van der Waals surface area contributed by atoms with Crippen LogP contribution < -0.4 is 15.4 Å². The first kappa shape index (κ1) is 17.1. The maximum absolute atomic E-state index is 12.1. The van der Waals surface area contributed by atoms with Gasteiger partial charge < -0.3 is 20.5 Å². The number of aliphatic hydroxyl groups is 1. The Kier molecular flexibility index (Phi) is 5.12. The molecule has 1 aromatic carbocycles. The van der Waals surface area contributed by atoms with Gasteiger partial charge in [0.25, 0.3) is 0 Å². The highest BCUT2D eigenvalue weighted by Gasteiger charge is 2.30. The van der Waals surface area contributed by atoms with Crippen molar-refractivity contribution in [2.75, 3.05) is 18.5 Å². The maximum Gasteiger partial charge on any atom is 0.240 e. The van der Waals surface area contributed by atoms with Crippen molar-refractivity contribution in [1.29, 1.82) is 5.26 Å². The topological polar surface area (TPSA) is 94.4 Å². The van der Waals surface area contributed by atoms with Gasteiger partial charge in [-0.15, -0.1) is 0 Å². The molecule has 6 nitrogen and oxygen atoms in total. The van der Waals surface area contributed by atoms with Gasteiger partial charge in [0.05, 0.1) is 31.0 Å². The van der Waals surface area contributed by atoms with Gasteiger partial charge >= 0.3 is 0 Å². The smallest absolute Gasteiger partial charge is 0.240 e. The van der Waals surface area contributed by atoms with Crippen LogP contribution in [0.4, 0.5) is 5.69 Å². The van der Waals surface area contributed by atoms with Crippen LogP contribution in [0.2, 0.25) is 0 Å². The number of hydrogen-bond acceptors (Lipinski definition) is 5. The minimum absolute atomic E-state index is 0.000541. The van der Waals surface area contributed by atoms with Crippen LogP contribution in [0, 0.1) is 17.2 Å². The van der Waals surface area contributed by atoms with Crippen molar-refractivity contribution in [2.45, 2.75) is 38.8 Å². The highest BCUT2D eigenvalue weighted by molar-refractivity contribution is 5.82. The van der Waals surface area contributed by atoms with Crippen LogP contribution in [0.3, 0.4) is 0 Å². The van der Waals surface area contributed by atoms with Crippen LogP contribution in [0.1, 0.15) is 38.9 Å². The molecule has 1 heterocycles. The minimum atomic E-state index is -0.901. The summed E-state index contributed by atoms with van der Waals surface area (Å²) < 4.78 is 5.61. The molecule has 3 N–H and O–H groups in total. The molecule has 0 saturated carbocycles. The zero-order valence-corrected chi connectivity index (χ0v) is 13.7. The number of fused-ring (bicyclic) bond motifs is 1. The highest BCUT2D eigenvalue weighted by Crippen LogP contribution is 2.37. The fourth-order valence-corrected chi connectivity index (χ4v) is 2.36. The molecule has 23 heavy (non-hydrogen) atoms. The van der Waals surface area contributed by atoms with E-state index >= 15 is 0 Å². The molecule has 2 rings (SSSR count). The number of amides is 1. The number of nitrogens with zero attached hydrogens (tertiary/aromatic N) is 1. The molecule has 1 aliphatic heterocycles. The molecule has 0 unspecified atom stereocenters. The van der Waals surface area contributed by atoms with Crippen LogP contribution in [-0.4, -0.2) is 29.7 Å². The zero-order chi connectivity index (χ0) is 17.0. The summed E-state index contributed by atoms with van der Waals surface area (Å²) in [7, 11) is 0. The Bertz CT molecular complexity index is 624. The molecule has 124 valence electrons. The van der Waals surface area contributed by atoms with E-state index in [0.29, 0.717) is 24.5 Å². The first-order chi connectivity index (χ1) is 10.9. The van der Waals surface area contributed by atoms with Gasteiger partial charge in [0.15, 0.2) is 0 Å². The third kappa shape index (κ3) is 3.74. The van der Waals surface area contributed by atoms with Gasteiger partial charge in [0.1, 0.15) is 11.3 Å². The van der Waals surface area contributed by atoms with Gasteiger partial charge in [0.2, 0.25) is 5.91 Å². The number of para-hydroxylation sites is 1. The van der Waals surface area contributed by atoms with Crippen molar-refractivity contribution in [3.63, 3.8) is 0 Å². The Morgan fingerprint density at radius 2 is 2.30 bits per heavy atom. The van der Waals surface area contributed by atoms with Crippen molar-refractivity contribution < 1.29 is 14.6 Å². The summed E-state index contributed by atoms with van der Waals surface area (Å²) in [5.74, 6) is 0.321. The van der Waals surface area contributed by atoms with Crippen molar-refractivity contribution in [2.24, 2.45) is 5.92 Å². The standard InChI is InChI=1S/C17H23N3O3/c1-11(2)17(3,10-18)20-15(22)9-19-13-6-4-5-12-14(21)7-8-23-16(12)13/h4-6,11,14,19,21H,7-9H2,1-3H3,(H,20,22)/t14-,17-/m1/s1. The Morgan fingerprint density at radius 3 is 2.96 bits per heavy atom. The Balaban J connectivity index is 2.03. The lowest BCUT2D eigenvalue weighted by molar-refractivity contribution is -0.121. The summed E-state index contributed by atoms with van der Waals surface area (Å²) in [5.41, 5.74) is 0.493. The second-order valence-corrected chi connectivity index (χ2v) is 6.25. The number of carbonyl (C=O) groups excluding carboxylic acids is 1. The largest absolute Gasteiger partial charge is 0.491 e. The van der Waals surface area contributed by atoms with Gasteiger partial charge in [-0.25, -0.2) is 0 Å². The lowest BCUT2D eigenvalue weighted by atomic mass is 9.90. The number of nitriles is 1. The average Bonchev–Trinajstić information content (AvgIpc) is 2.53. The van der Waals surface area contributed by atoms with Gasteiger partial charge in [0, 0.05) is 12.0 Å². The molecule has 0 aliphatic carbocycles. The van der Waals surface area contributed by atoms with Crippen molar-refractivity contribution in [3.8, 4) is 11.8 Å². The molecule has 0 bridgehead atoms. The first-order valence-corrected chi connectivity index (χ1v) is 7.77. The minimum Gasteiger partial charge on any atom is -0.491 e. The quantitative estimate of drug-likeness (QED) is 0.772. The van der Waals surface area contributed by atoms with Crippen LogP contribution in [-0.2, 0) is 4.79 Å². The number of hydrogen-bond donors (Lipinski definition) is 3. The van der Waals surface area contributed by atoms with E-state index in [0.717, 1.165) is 5.56 Å². The molecule has 1 aliphatic rings. The zero-order valence-electron chi connectivity index (χ0n) is 13.7. The molecule has 0 fully saturated rings. The number of aliphatic hydroxyl groups excluding tert-OH is 1. The second-order valence-electron chi connectivity index (χ2n) is 6.25. The molecule has 0 aromatic heterocycles. The Labute approximate surface area is 136 Å². The molecule has 0 radical (unpaired) electrons. The molecular weight excluding hydrogens is 294 g/mol. The van der Waals surface area contributed by atoms with E-state index in [1.807, 2.05) is 26.0 Å². The highest BCUT2D eigenvalue weighted by atomic mass is 16.5. The average molecular weight is 317 g/mol. The Morgan fingerprint density at radius 1 is 1.57 bits per heavy atom. The molecule has 1 aromatic rings. The third-order valence-electron chi connectivity index (χ3n) is 4.27. The number of ether oxygens (including phenoxy) is 1. The van der Waals surface area contributed by atoms with Gasteiger partial charge in [-0.3, -0.25) is 4.79 Å². The van der Waals surface area contributed by atoms with E-state index in [4.69, 9.17) is 4.74 Å². The van der Waals surface area contributed by atoms with Gasteiger partial charge in [-0.2, -0.15) is 5.26 Å². The second kappa shape index (κ2) is 6.88. The maximum atomic E-state index is 12.1. The monoisotopic (exact) mass is 317 g/mol. The van der Waals surface area contributed by atoms with E-state index in [-0.39, 0.29) is 18.4 Å². The van der Waals surface area contributed by atoms with Crippen LogP contribution in [0.5, 0.6) is 5.75 Å². The molecular formula is C17H23N3O3. The number of carbonyl (C=O) groups is 1. The molecule has 0 spiro atoms. The molecule has 6 heteroatoms. The predicted molar refractivity (Wildman–Crippen MR) is 87.0 cm³/mol. The number of benzene rings is 1. The number of rotatable bonds is 5. The van der Waals surface area contributed by atoms with Crippen LogP contribution >= 0.6 is 0 Å². The van der Waals surface area contributed by atoms with Crippen LogP contribution in [0.25, 0.3) is 0 Å². The van der Waals surface area contributed by atoms with Crippen molar-refractivity contribution >= 4 is 11.6 Å². The van der Waals surface area contributed by atoms with E-state index in [9.17, 15) is 15.2 Å². The third-order valence-corrected chi connectivity index (χ3v) is 4.27. The SMILES string of the molecule is CC(C)[C@@](C)(C#N)NC(=O)CNc1cccc2c1OCC[C@H]2O. The normalized spacial score (nSPS) is 19.0. The lowest BCUT2D eigenvalue weighted by Crippen LogP contribution is -2.50. The molecule has 2 atom stereocenters. The summed E-state index contributed by atoms with van der Waals surface area (Å²) in [6, 6.07) is 7.57. The van der Waals surface area contributed by atoms with E-state index in [1.54, 1.807) is 13.0 Å². The van der Waals surface area contributed by atoms with Crippen molar-refractivity contribution in [1.82, 2.24) is 5.32 Å². The first-order valence-electron chi connectivity index (χ1n) is 7.77. The summed E-state index contributed by atoms with van der Waals surface area (Å²) in [6.07, 6.45) is 0.0171. The summed E-state index contributed by atoms with van der Waals surface area (Å²) in [6.45, 7) is 5.96. The van der Waals surface area contributed by atoms with Gasteiger partial charge in [-0.05, 0) is 18.9 Å². The summed E-state index contributed by atoms with van der Waals surface area (Å²) >= 11 is 0. The molecule has 1 amide bonds. The van der Waals surface area contributed by atoms with Crippen molar-refractivity contribution in [3.05, 3.63) is 23.8 Å². The summed E-state index contributed by atoms with van der Waals surface area (Å²) in [5, 5.41) is 25.0. The fourth-order valence-electron chi connectivity index (χ4n) is 2.36.